The van der Waals surface area contributed by atoms with Crippen molar-refractivity contribution < 1.29 is 10.0 Å². The summed E-state index contributed by atoms with van der Waals surface area (Å²) in [5, 5.41) is 22.8. The van der Waals surface area contributed by atoms with Crippen molar-refractivity contribution in [3.05, 3.63) is 26.9 Å². The van der Waals surface area contributed by atoms with Crippen LogP contribution in [0.5, 0.6) is 0 Å². The maximum Gasteiger partial charge on any atom is 0.288 e. The third kappa shape index (κ3) is 3.92. The molecule has 0 amide bonds. The minimum absolute atomic E-state index is 0.0596. The van der Waals surface area contributed by atoms with E-state index >= 15 is 0 Å². The van der Waals surface area contributed by atoms with Gasteiger partial charge in [0.15, 0.2) is 0 Å². The van der Waals surface area contributed by atoms with E-state index in [1.54, 1.807) is 0 Å². The number of nitrogens with zero attached hydrogens (tertiary/aromatic N) is 2. The zero-order valence-electron chi connectivity index (χ0n) is 10.3. The van der Waals surface area contributed by atoms with Crippen LogP contribution in [0.4, 0.5) is 11.5 Å². The number of hydrogen-bond donors (Lipinski definition) is 2. The summed E-state index contributed by atoms with van der Waals surface area (Å²) in [6, 6.07) is 1.48. The van der Waals surface area contributed by atoms with E-state index in [-0.39, 0.29) is 18.3 Å². The van der Waals surface area contributed by atoms with Crippen LogP contribution in [0.2, 0.25) is 0 Å². The molecule has 1 heterocycles. The fourth-order valence-corrected chi connectivity index (χ4v) is 1.97. The Morgan fingerprint density at radius 3 is 2.72 bits per heavy atom. The Bertz CT molecular complexity index is 426. The largest absolute Gasteiger partial charge is 0.396 e. The van der Waals surface area contributed by atoms with Crippen LogP contribution in [0.1, 0.15) is 20.3 Å². The molecule has 0 aliphatic heterocycles. The smallest absolute Gasteiger partial charge is 0.288 e. The van der Waals surface area contributed by atoms with E-state index in [0.717, 1.165) is 0 Å². The number of nitrogens with one attached hydrogen (secondary N) is 1. The van der Waals surface area contributed by atoms with Gasteiger partial charge in [-0.1, -0.05) is 13.8 Å². The zero-order valence-corrected chi connectivity index (χ0v) is 11.8. The van der Waals surface area contributed by atoms with Crippen LogP contribution in [-0.2, 0) is 0 Å². The number of hydrogen-bond acceptors (Lipinski definition) is 5. The van der Waals surface area contributed by atoms with Gasteiger partial charge in [-0.3, -0.25) is 10.1 Å². The molecule has 0 aliphatic carbocycles. The molecule has 6 nitrogen and oxygen atoms in total. The summed E-state index contributed by atoms with van der Waals surface area (Å²) >= 11 is 3.25. The average Bonchev–Trinajstić information content (AvgIpc) is 2.30. The van der Waals surface area contributed by atoms with Gasteiger partial charge in [0.1, 0.15) is 12.0 Å². The molecule has 0 saturated heterocycles. The number of rotatable bonds is 6. The third-order valence-electron chi connectivity index (χ3n) is 2.60. The highest BCUT2D eigenvalue weighted by atomic mass is 79.9. The lowest BCUT2D eigenvalue weighted by molar-refractivity contribution is -0.385. The Hall–Kier alpha value is -1.21. The fourth-order valence-electron chi connectivity index (χ4n) is 1.52. The summed E-state index contributed by atoms with van der Waals surface area (Å²) in [6.45, 7) is 4.15. The van der Waals surface area contributed by atoms with Crippen molar-refractivity contribution in [1.29, 1.82) is 0 Å². The minimum atomic E-state index is -0.491. The molecule has 0 saturated carbocycles. The minimum Gasteiger partial charge on any atom is -0.396 e. The monoisotopic (exact) mass is 317 g/mol. The van der Waals surface area contributed by atoms with Gasteiger partial charge >= 0.3 is 0 Å². The molecule has 2 N–H and O–H groups in total. The normalized spacial score (nSPS) is 12.5. The third-order valence-corrected chi connectivity index (χ3v) is 3.21. The zero-order chi connectivity index (χ0) is 13.7. The maximum absolute atomic E-state index is 10.6. The highest BCUT2D eigenvalue weighted by Crippen LogP contribution is 2.26. The summed E-state index contributed by atoms with van der Waals surface area (Å²) in [4.78, 5) is 14.1. The topological polar surface area (TPSA) is 88.3 Å². The molecule has 0 spiro atoms. The molecule has 1 rings (SSSR count). The first-order valence-electron chi connectivity index (χ1n) is 5.63. The van der Waals surface area contributed by atoms with Crippen molar-refractivity contribution in [1.82, 2.24) is 4.98 Å². The van der Waals surface area contributed by atoms with Crippen LogP contribution in [0, 0.1) is 16.0 Å². The van der Waals surface area contributed by atoms with Crippen molar-refractivity contribution >= 4 is 27.4 Å². The van der Waals surface area contributed by atoms with Crippen LogP contribution in [0.25, 0.3) is 0 Å². The molecule has 0 fully saturated rings. The molecule has 1 aromatic rings. The van der Waals surface area contributed by atoms with Crippen LogP contribution in [0.3, 0.4) is 0 Å². The molecule has 1 aromatic heterocycles. The standard InChI is InChI=1S/C11H16BrN3O3/c1-7(2)10(3-4-16)14-11-9(12)5-8(6-13-11)15(17)18/h5-7,10,16H,3-4H2,1-2H3,(H,13,14). The van der Waals surface area contributed by atoms with Crippen LogP contribution >= 0.6 is 15.9 Å². The number of aliphatic hydroxyl groups excluding tert-OH is 1. The molecule has 0 radical (unpaired) electrons. The fraction of sp³-hybridized carbons (Fsp3) is 0.545. The first kappa shape index (κ1) is 14.8. The molecule has 0 aromatic carbocycles. The quantitative estimate of drug-likeness (QED) is 0.622. The highest BCUT2D eigenvalue weighted by Gasteiger charge is 2.16. The number of aromatic nitrogens is 1. The molecular formula is C11H16BrN3O3. The van der Waals surface area contributed by atoms with Gasteiger partial charge in [-0.15, -0.1) is 0 Å². The predicted octanol–water partition coefficient (Wildman–Crippen LogP) is 2.57. The summed E-state index contributed by atoms with van der Waals surface area (Å²) < 4.78 is 0.542. The van der Waals surface area contributed by atoms with E-state index in [1.807, 2.05) is 13.8 Å². The Balaban J connectivity index is 2.86. The summed E-state index contributed by atoms with van der Waals surface area (Å²) in [7, 11) is 0. The lowest BCUT2D eigenvalue weighted by Crippen LogP contribution is -2.27. The SMILES string of the molecule is CC(C)C(CCO)Nc1ncc([N+](=O)[O-])cc1Br. The molecule has 0 aliphatic rings. The van der Waals surface area contributed by atoms with E-state index in [0.29, 0.717) is 22.6 Å². The molecule has 100 valence electrons. The van der Waals surface area contributed by atoms with Gasteiger partial charge in [0.25, 0.3) is 5.69 Å². The number of anilines is 1. The van der Waals surface area contributed by atoms with Gasteiger partial charge in [-0.25, -0.2) is 4.98 Å². The van der Waals surface area contributed by atoms with Gasteiger partial charge < -0.3 is 10.4 Å². The van der Waals surface area contributed by atoms with Gasteiger partial charge in [0, 0.05) is 18.7 Å². The van der Waals surface area contributed by atoms with Gasteiger partial charge in [0.05, 0.1) is 9.40 Å². The second-order valence-corrected chi connectivity index (χ2v) is 5.14. The predicted molar refractivity (Wildman–Crippen MR) is 72.5 cm³/mol. The summed E-state index contributed by atoms with van der Waals surface area (Å²) in [5.41, 5.74) is -0.0596. The van der Waals surface area contributed by atoms with Crippen molar-refractivity contribution in [3.8, 4) is 0 Å². The first-order valence-corrected chi connectivity index (χ1v) is 6.42. The number of aliphatic hydroxyl groups is 1. The number of pyridine rings is 1. The second kappa shape index (κ2) is 6.65. The van der Waals surface area contributed by atoms with Gasteiger partial charge in [-0.2, -0.15) is 0 Å². The van der Waals surface area contributed by atoms with Crippen LogP contribution in [-0.4, -0.2) is 27.7 Å². The first-order chi connectivity index (χ1) is 8.45. The van der Waals surface area contributed by atoms with Crippen molar-refractivity contribution in [2.24, 2.45) is 5.92 Å². The number of nitro groups is 1. The Kier molecular flexibility index (Phi) is 5.49. The summed E-state index contributed by atoms with van der Waals surface area (Å²) in [5.74, 6) is 0.869. The number of halogens is 1. The molecule has 1 atom stereocenters. The van der Waals surface area contributed by atoms with E-state index in [1.165, 1.54) is 12.3 Å². The van der Waals surface area contributed by atoms with Crippen molar-refractivity contribution in [3.63, 3.8) is 0 Å². The molecule has 18 heavy (non-hydrogen) atoms. The average molecular weight is 318 g/mol. The molecular weight excluding hydrogens is 302 g/mol. The van der Waals surface area contributed by atoms with E-state index in [2.05, 4.69) is 26.2 Å². The summed E-state index contributed by atoms with van der Waals surface area (Å²) in [6.07, 6.45) is 1.81. The lowest BCUT2D eigenvalue weighted by Gasteiger charge is -2.22. The molecule has 7 heteroatoms. The van der Waals surface area contributed by atoms with Gasteiger partial charge in [-0.05, 0) is 28.3 Å². The molecule has 0 bridgehead atoms. The van der Waals surface area contributed by atoms with Crippen LogP contribution < -0.4 is 5.32 Å². The van der Waals surface area contributed by atoms with E-state index in [9.17, 15) is 10.1 Å². The van der Waals surface area contributed by atoms with Crippen LogP contribution in [0.15, 0.2) is 16.7 Å². The highest BCUT2D eigenvalue weighted by molar-refractivity contribution is 9.10. The second-order valence-electron chi connectivity index (χ2n) is 4.29. The van der Waals surface area contributed by atoms with Crippen molar-refractivity contribution in [2.45, 2.75) is 26.3 Å². The van der Waals surface area contributed by atoms with E-state index in [4.69, 9.17) is 5.11 Å². The van der Waals surface area contributed by atoms with Gasteiger partial charge in [0.2, 0.25) is 0 Å². The van der Waals surface area contributed by atoms with Crippen molar-refractivity contribution in [2.75, 3.05) is 11.9 Å². The van der Waals surface area contributed by atoms with E-state index < -0.39 is 4.92 Å². The Morgan fingerprint density at radius 2 is 2.28 bits per heavy atom. The lowest BCUT2D eigenvalue weighted by atomic mass is 10.0. The maximum atomic E-state index is 10.6. The Labute approximate surface area is 114 Å². The molecule has 1 unspecified atom stereocenters. The Morgan fingerprint density at radius 1 is 1.61 bits per heavy atom.